The summed E-state index contributed by atoms with van der Waals surface area (Å²) in [5, 5.41) is 17.3. The molecule has 2 heterocycles. The molecular formula is C24H26N2O5. The lowest BCUT2D eigenvalue weighted by atomic mass is 9.98. The summed E-state index contributed by atoms with van der Waals surface area (Å²) in [5.41, 5.74) is 2.29. The second-order valence-electron chi connectivity index (χ2n) is 7.63. The van der Waals surface area contributed by atoms with Crippen molar-refractivity contribution in [1.82, 2.24) is 10.5 Å². The van der Waals surface area contributed by atoms with Crippen molar-refractivity contribution in [1.29, 1.82) is 0 Å². The van der Waals surface area contributed by atoms with Crippen molar-refractivity contribution in [2.24, 2.45) is 0 Å². The topological polar surface area (TPSA) is 93.8 Å². The van der Waals surface area contributed by atoms with Gasteiger partial charge >= 0.3 is 0 Å². The summed E-state index contributed by atoms with van der Waals surface area (Å²) in [6.07, 6.45) is 0.735. The van der Waals surface area contributed by atoms with E-state index in [1.54, 1.807) is 19.2 Å². The van der Waals surface area contributed by atoms with E-state index in [-0.39, 0.29) is 18.6 Å². The van der Waals surface area contributed by atoms with Gasteiger partial charge in [0.2, 0.25) is 0 Å². The van der Waals surface area contributed by atoms with E-state index < -0.39 is 12.2 Å². The SMILES string of the molecule is COc1ccc(-c2cc(CC3CCC(O)C(CNC(=O)c4ccccc4)O3)no2)cc1. The van der Waals surface area contributed by atoms with E-state index in [0.29, 0.717) is 24.2 Å². The van der Waals surface area contributed by atoms with Crippen LogP contribution in [-0.4, -0.2) is 48.1 Å². The summed E-state index contributed by atoms with van der Waals surface area (Å²) in [4.78, 5) is 12.3. The van der Waals surface area contributed by atoms with Crippen LogP contribution in [-0.2, 0) is 11.2 Å². The predicted molar refractivity (Wildman–Crippen MR) is 115 cm³/mol. The zero-order valence-electron chi connectivity index (χ0n) is 17.4. The minimum absolute atomic E-state index is 0.101. The van der Waals surface area contributed by atoms with Crippen LogP contribution in [0.5, 0.6) is 5.75 Å². The maximum Gasteiger partial charge on any atom is 0.251 e. The highest BCUT2D eigenvalue weighted by Crippen LogP contribution is 2.26. The lowest BCUT2D eigenvalue weighted by Gasteiger charge is -2.33. The van der Waals surface area contributed by atoms with Gasteiger partial charge < -0.3 is 24.4 Å². The number of aromatic nitrogens is 1. The third-order valence-corrected chi connectivity index (χ3v) is 5.45. The molecule has 162 valence electrons. The molecule has 1 amide bonds. The highest BCUT2D eigenvalue weighted by atomic mass is 16.5. The number of methoxy groups -OCH3 is 1. The first-order valence-electron chi connectivity index (χ1n) is 10.4. The van der Waals surface area contributed by atoms with Gasteiger partial charge in [0.1, 0.15) is 11.9 Å². The minimum atomic E-state index is -0.612. The van der Waals surface area contributed by atoms with Gasteiger partial charge in [-0.3, -0.25) is 4.79 Å². The molecular weight excluding hydrogens is 396 g/mol. The van der Waals surface area contributed by atoms with Crippen molar-refractivity contribution in [3.05, 3.63) is 71.9 Å². The molecule has 3 aromatic rings. The quantitative estimate of drug-likeness (QED) is 0.607. The molecule has 1 aliphatic rings. The second kappa shape index (κ2) is 9.76. The molecule has 1 aliphatic heterocycles. The van der Waals surface area contributed by atoms with Gasteiger partial charge in [0.25, 0.3) is 5.91 Å². The number of nitrogens with one attached hydrogen (secondary N) is 1. The highest BCUT2D eigenvalue weighted by molar-refractivity contribution is 5.94. The molecule has 3 atom stereocenters. The third kappa shape index (κ3) is 5.31. The fourth-order valence-corrected chi connectivity index (χ4v) is 3.70. The molecule has 3 unspecified atom stereocenters. The highest BCUT2D eigenvalue weighted by Gasteiger charge is 2.31. The third-order valence-electron chi connectivity index (χ3n) is 5.45. The summed E-state index contributed by atoms with van der Waals surface area (Å²) < 4.78 is 16.7. The molecule has 1 saturated heterocycles. The van der Waals surface area contributed by atoms with Gasteiger partial charge in [-0.1, -0.05) is 23.4 Å². The molecule has 2 N–H and O–H groups in total. The zero-order valence-corrected chi connectivity index (χ0v) is 17.4. The number of carbonyl (C=O) groups excluding carboxylic acids is 1. The van der Waals surface area contributed by atoms with E-state index in [1.165, 1.54) is 0 Å². The molecule has 7 heteroatoms. The normalized spacial score (nSPS) is 20.9. The van der Waals surface area contributed by atoms with Gasteiger partial charge in [0.05, 0.1) is 25.0 Å². The van der Waals surface area contributed by atoms with Gasteiger partial charge in [0, 0.05) is 30.2 Å². The molecule has 0 radical (unpaired) electrons. The van der Waals surface area contributed by atoms with E-state index in [0.717, 1.165) is 23.4 Å². The molecule has 2 aromatic carbocycles. The first-order chi connectivity index (χ1) is 15.1. The molecule has 1 aromatic heterocycles. The maximum absolute atomic E-state index is 12.3. The van der Waals surface area contributed by atoms with E-state index in [4.69, 9.17) is 14.0 Å². The van der Waals surface area contributed by atoms with Crippen LogP contribution >= 0.6 is 0 Å². The summed E-state index contributed by atoms with van der Waals surface area (Å²) >= 11 is 0. The number of hydrogen-bond acceptors (Lipinski definition) is 6. The molecule has 1 fully saturated rings. The van der Waals surface area contributed by atoms with Crippen LogP contribution in [0.25, 0.3) is 11.3 Å². The number of aliphatic hydroxyl groups excluding tert-OH is 1. The maximum atomic E-state index is 12.3. The van der Waals surface area contributed by atoms with Crippen LogP contribution in [0.15, 0.2) is 65.2 Å². The Morgan fingerprint density at radius 2 is 1.94 bits per heavy atom. The van der Waals surface area contributed by atoms with Crippen molar-refractivity contribution < 1.29 is 23.9 Å². The van der Waals surface area contributed by atoms with Crippen molar-refractivity contribution >= 4 is 5.91 Å². The van der Waals surface area contributed by atoms with E-state index in [1.807, 2.05) is 48.5 Å². The van der Waals surface area contributed by atoms with Crippen molar-refractivity contribution in [3.8, 4) is 17.1 Å². The standard InChI is InChI=1S/C24H26N2O5/c1-29-19-9-7-16(8-10-19)22-14-18(26-31-22)13-20-11-12-21(27)23(30-20)15-25-24(28)17-5-3-2-4-6-17/h2-10,14,20-21,23,27H,11-13,15H2,1H3,(H,25,28). The average molecular weight is 422 g/mol. The van der Waals surface area contributed by atoms with E-state index >= 15 is 0 Å². The van der Waals surface area contributed by atoms with E-state index in [2.05, 4.69) is 10.5 Å². The predicted octanol–water partition coefficient (Wildman–Crippen LogP) is 3.23. The monoisotopic (exact) mass is 422 g/mol. The summed E-state index contributed by atoms with van der Waals surface area (Å²) in [7, 11) is 1.63. The minimum Gasteiger partial charge on any atom is -0.497 e. The van der Waals surface area contributed by atoms with Crippen LogP contribution in [0.4, 0.5) is 0 Å². The first kappa shape index (κ1) is 21.1. The van der Waals surface area contributed by atoms with Crippen LogP contribution in [0.1, 0.15) is 28.9 Å². The number of ether oxygens (including phenoxy) is 2. The summed E-state index contributed by atoms with van der Waals surface area (Å²) in [5.74, 6) is 1.28. The molecule has 0 bridgehead atoms. The number of aliphatic hydroxyl groups is 1. The lowest BCUT2D eigenvalue weighted by Crippen LogP contribution is -2.46. The average Bonchev–Trinajstić information content (AvgIpc) is 3.28. The van der Waals surface area contributed by atoms with Crippen molar-refractivity contribution in [2.45, 2.75) is 37.6 Å². The molecule has 4 rings (SSSR count). The van der Waals surface area contributed by atoms with Crippen LogP contribution in [0, 0.1) is 0 Å². The smallest absolute Gasteiger partial charge is 0.251 e. The Balaban J connectivity index is 1.33. The van der Waals surface area contributed by atoms with Crippen LogP contribution < -0.4 is 10.1 Å². The Morgan fingerprint density at radius 1 is 1.16 bits per heavy atom. The summed E-state index contributed by atoms with van der Waals surface area (Å²) in [6.45, 7) is 0.251. The fraction of sp³-hybridized carbons (Fsp3) is 0.333. The van der Waals surface area contributed by atoms with Gasteiger partial charge in [-0.15, -0.1) is 0 Å². The van der Waals surface area contributed by atoms with E-state index in [9.17, 15) is 9.90 Å². The van der Waals surface area contributed by atoms with Gasteiger partial charge in [-0.25, -0.2) is 0 Å². The largest absolute Gasteiger partial charge is 0.497 e. The molecule has 7 nitrogen and oxygen atoms in total. The lowest BCUT2D eigenvalue weighted by molar-refractivity contribution is -0.114. The van der Waals surface area contributed by atoms with Gasteiger partial charge in [0.15, 0.2) is 5.76 Å². The van der Waals surface area contributed by atoms with Crippen LogP contribution in [0.3, 0.4) is 0 Å². The Labute approximate surface area is 181 Å². The van der Waals surface area contributed by atoms with Gasteiger partial charge in [-0.2, -0.15) is 0 Å². The fourth-order valence-electron chi connectivity index (χ4n) is 3.70. The number of hydrogen-bond donors (Lipinski definition) is 2. The number of benzene rings is 2. The number of carbonyl (C=O) groups is 1. The molecule has 31 heavy (non-hydrogen) atoms. The second-order valence-corrected chi connectivity index (χ2v) is 7.63. The van der Waals surface area contributed by atoms with Crippen LogP contribution in [0.2, 0.25) is 0 Å². The Morgan fingerprint density at radius 3 is 2.68 bits per heavy atom. The Bertz CT molecular complexity index is 987. The molecule has 0 spiro atoms. The zero-order chi connectivity index (χ0) is 21.6. The molecule has 0 aliphatic carbocycles. The number of rotatable bonds is 7. The Hall–Kier alpha value is -3.16. The van der Waals surface area contributed by atoms with Crippen molar-refractivity contribution in [3.63, 3.8) is 0 Å². The first-order valence-corrected chi connectivity index (χ1v) is 10.4. The number of amides is 1. The summed E-state index contributed by atoms with van der Waals surface area (Å²) in [6, 6.07) is 18.5. The van der Waals surface area contributed by atoms with Crippen molar-refractivity contribution in [2.75, 3.05) is 13.7 Å². The molecule has 0 saturated carbocycles. The van der Waals surface area contributed by atoms with Gasteiger partial charge in [-0.05, 0) is 49.2 Å². The Kier molecular flexibility index (Phi) is 6.64. The number of nitrogens with zero attached hydrogens (tertiary/aromatic N) is 1.